The number of fused-ring (bicyclic) bond motifs is 1. The largest absolute Gasteiger partial charge is 0.488 e. The molecule has 0 atom stereocenters. The molecule has 4 heteroatoms. The molecule has 1 aliphatic heterocycles. The molecule has 0 amide bonds. The molecule has 4 rings (SSSR count). The molecule has 1 heterocycles. The molecule has 3 aromatic rings. The van der Waals surface area contributed by atoms with Crippen molar-refractivity contribution in [2.45, 2.75) is 19.4 Å². The van der Waals surface area contributed by atoms with Gasteiger partial charge in [-0.1, -0.05) is 66.7 Å². The van der Waals surface area contributed by atoms with Crippen LogP contribution in [0.15, 0.2) is 72.8 Å². The first-order chi connectivity index (χ1) is 13.0. The van der Waals surface area contributed by atoms with E-state index in [1.54, 1.807) is 0 Å². The lowest BCUT2D eigenvalue weighted by Gasteiger charge is -2.37. The number of hydrogen-bond acceptors (Lipinski definition) is 3. The summed E-state index contributed by atoms with van der Waals surface area (Å²) >= 11 is 0. The van der Waals surface area contributed by atoms with E-state index >= 15 is 0 Å². The molecule has 0 spiro atoms. The minimum Gasteiger partial charge on any atom is -0.473 e. The zero-order valence-electron chi connectivity index (χ0n) is 15.4. The van der Waals surface area contributed by atoms with Crippen LogP contribution >= 0.6 is 0 Å². The van der Waals surface area contributed by atoms with Gasteiger partial charge in [0.05, 0.1) is 0 Å². The van der Waals surface area contributed by atoms with Crippen LogP contribution in [0.1, 0.15) is 27.8 Å². The molecule has 0 unspecified atom stereocenters. The van der Waals surface area contributed by atoms with Gasteiger partial charge in [0.25, 0.3) is 0 Å². The van der Waals surface area contributed by atoms with Gasteiger partial charge in [-0.3, -0.25) is 0 Å². The van der Waals surface area contributed by atoms with E-state index < -0.39 is 12.7 Å². The Morgan fingerprint density at radius 3 is 1.93 bits per heavy atom. The number of benzene rings is 3. The first-order valence-electron chi connectivity index (χ1n) is 9.02. The molecule has 3 nitrogen and oxygen atoms in total. The third kappa shape index (κ3) is 2.87. The van der Waals surface area contributed by atoms with Gasteiger partial charge in [-0.25, -0.2) is 0 Å². The first-order valence-corrected chi connectivity index (χ1v) is 9.02. The van der Waals surface area contributed by atoms with Gasteiger partial charge in [-0.05, 0) is 42.6 Å². The molecule has 27 heavy (non-hydrogen) atoms. The lowest BCUT2D eigenvalue weighted by atomic mass is 9.72. The van der Waals surface area contributed by atoms with Gasteiger partial charge in [0.1, 0.15) is 5.75 Å². The van der Waals surface area contributed by atoms with Crippen LogP contribution in [0.25, 0.3) is 6.08 Å². The predicted molar refractivity (Wildman–Crippen MR) is 109 cm³/mol. The topological polar surface area (TPSA) is 49.7 Å². The highest BCUT2D eigenvalue weighted by Crippen LogP contribution is 2.42. The predicted octanol–water partition coefficient (Wildman–Crippen LogP) is 3.33. The second kappa shape index (κ2) is 6.73. The smallest absolute Gasteiger partial charge is 0.473 e. The highest BCUT2D eigenvalue weighted by atomic mass is 16.5. The summed E-state index contributed by atoms with van der Waals surface area (Å²) in [4.78, 5) is 0. The van der Waals surface area contributed by atoms with Gasteiger partial charge >= 0.3 is 7.12 Å². The molecule has 0 fully saturated rings. The summed E-state index contributed by atoms with van der Waals surface area (Å²) in [5.74, 6) is 0.740. The quantitative estimate of drug-likeness (QED) is 0.708. The van der Waals surface area contributed by atoms with Crippen LogP contribution in [0.4, 0.5) is 0 Å². The number of hydrogen-bond donors (Lipinski definition) is 2. The van der Waals surface area contributed by atoms with E-state index in [2.05, 4.69) is 30.3 Å². The third-order valence-electron chi connectivity index (χ3n) is 5.27. The van der Waals surface area contributed by atoms with Gasteiger partial charge in [0.15, 0.2) is 5.60 Å². The molecule has 0 saturated heterocycles. The maximum atomic E-state index is 9.74. The Balaban J connectivity index is 1.93. The van der Waals surface area contributed by atoms with Crippen LogP contribution in [-0.2, 0) is 5.60 Å². The van der Waals surface area contributed by atoms with Crippen LogP contribution in [0.5, 0.6) is 5.75 Å². The van der Waals surface area contributed by atoms with Crippen molar-refractivity contribution in [1.82, 2.24) is 0 Å². The van der Waals surface area contributed by atoms with Crippen LogP contribution < -0.4 is 10.2 Å². The summed E-state index contributed by atoms with van der Waals surface area (Å²) in [5.41, 5.74) is 4.39. The molecule has 0 aliphatic carbocycles. The zero-order valence-corrected chi connectivity index (χ0v) is 15.4. The SMILES string of the molecule is Cc1cc2c(c(C)c1B(O)O)C=CC(c1ccccc1)(c1ccccc1)O2. The van der Waals surface area contributed by atoms with E-state index in [1.165, 1.54) is 0 Å². The maximum absolute atomic E-state index is 9.74. The number of ether oxygens (including phenoxy) is 1. The molecule has 0 bridgehead atoms. The highest BCUT2D eigenvalue weighted by Gasteiger charge is 2.37. The standard InChI is InChI=1S/C23H21BO3/c1-16-15-21-20(17(2)22(16)24(25)26)13-14-23(27-21,18-9-5-3-6-10-18)19-11-7-4-8-12-19/h3-15,25-26H,1-2H3. The van der Waals surface area contributed by atoms with Crippen LogP contribution in [0, 0.1) is 13.8 Å². The number of aryl methyl sites for hydroxylation is 1. The van der Waals surface area contributed by atoms with Crippen molar-refractivity contribution in [1.29, 1.82) is 0 Å². The fraction of sp³-hybridized carbons (Fsp3) is 0.130. The molecular weight excluding hydrogens is 335 g/mol. The lowest BCUT2D eigenvalue weighted by Crippen LogP contribution is -2.38. The van der Waals surface area contributed by atoms with Crippen molar-refractivity contribution in [3.05, 3.63) is 101 Å². The third-order valence-corrected chi connectivity index (χ3v) is 5.27. The zero-order chi connectivity index (χ0) is 19.0. The molecule has 0 radical (unpaired) electrons. The molecule has 1 aliphatic rings. The Labute approximate surface area is 159 Å². The molecule has 2 N–H and O–H groups in total. The van der Waals surface area contributed by atoms with Crippen molar-refractivity contribution in [3.63, 3.8) is 0 Å². The van der Waals surface area contributed by atoms with Crippen molar-refractivity contribution >= 4 is 18.7 Å². The highest BCUT2D eigenvalue weighted by molar-refractivity contribution is 6.59. The van der Waals surface area contributed by atoms with Gasteiger partial charge < -0.3 is 14.8 Å². The van der Waals surface area contributed by atoms with E-state index in [0.29, 0.717) is 5.46 Å². The normalized spacial score (nSPS) is 14.4. The minimum atomic E-state index is -1.50. The average molecular weight is 356 g/mol. The summed E-state index contributed by atoms with van der Waals surface area (Å²) in [6, 6.07) is 22.2. The Kier molecular flexibility index (Phi) is 4.38. The monoisotopic (exact) mass is 356 g/mol. The van der Waals surface area contributed by atoms with Crippen LogP contribution in [0.2, 0.25) is 0 Å². The van der Waals surface area contributed by atoms with Gasteiger partial charge in [-0.2, -0.15) is 0 Å². The second-order valence-electron chi connectivity index (χ2n) is 6.92. The van der Waals surface area contributed by atoms with E-state index in [1.807, 2.05) is 62.4 Å². The lowest BCUT2D eigenvalue weighted by molar-refractivity contribution is 0.161. The van der Waals surface area contributed by atoms with E-state index in [0.717, 1.165) is 33.6 Å². The van der Waals surface area contributed by atoms with Gasteiger partial charge in [-0.15, -0.1) is 0 Å². The minimum absolute atomic E-state index is 0.536. The van der Waals surface area contributed by atoms with Crippen molar-refractivity contribution < 1.29 is 14.8 Å². The summed E-state index contributed by atoms with van der Waals surface area (Å²) in [6.45, 7) is 3.77. The molecule has 0 aromatic heterocycles. The molecule has 134 valence electrons. The van der Waals surface area contributed by atoms with Crippen molar-refractivity contribution in [2.75, 3.05) is 0 Å². The van der Waals surface area contributed by atoms with Crippen molar-refractivity contribution in [3.8, 4) is 5.75 Å². The number of rotatable bonds is 3. The fourth-order valence-electron chi connectivity index (χ4n) is 3.92. The van der Waals surface area contributed by atoms with Gasteiger partial charge in [0, 0.05) is 16.7 Å². The van der Waals surface area contributed by atoms with Crippen LogP contribution in [-0.4, -0.2) is 17.2 Å². The summed E-state index contributed by atoms with van der Waals surface area (Å²) in [5, 5.41) is 19.5. The molecule has 3 aromatic carbocycles. The summed E-state index contributed by atoms with van der Waals surface area (Å²) in [7, 11) is -1.50. The Hall–Kier alpha value is -2.82. The molecular formula is C23H21BO3. The Morgan fingerprint density at radius 2 is 1.41 bits per heavy atom. The maximum Gasteiger partial charge on any atom is 0.488 e. The van der Waals surface area contributed by atoms with E-state index in [-0.39, 0.29) is 0 Å². The summed E-state index contributed by atoms with van der Waals surface area (Å²) in [6.07, 6.45) is 4.08. The average Bonchev–Trinajstić information content (AvgIpc) is 2.68. The van der Waals surface area contributed by atoms with Crippen LogP contribution in [0.3, 0.4) is 0 Å². The fourth-order valence-corrected chi connectivity index (χ4v) is 3.92. The summed E-state index contributed by atoms with van der Waals surface area (Å²) < 4.78 is 6.64. The van der Waals surface area contributed by atoms with E-state index in [4.69, 9.17) is 4.74 Å². The Morgan fingerprint density at radius 1 is 0.852 bits per heavy atom. The van der Waals surface area contributed by atoms with Crippen molar-refractivity contribution in [2.24, 2.45) is 0 Å². The first kappa shape index (κ1) is 17.6. The van der Waals surface area contributed by atoms with Gasteiger partial charge in [0.2, 0.25) is 0 Å². The second-order valence-corrected chi connectivity index (χ2v) is 6.92. The Bertz CT molecular complexity index is 956. The molecule has 0 saturated carbocycles. The van der Waals surface area contributed by atoms with E-state index in [9.17, 15) is 10.0 Å².